The summed E-state index contributed by atoms with van der Waals surface area (Å²) in [6.07, 6.45) is 5.30. The van der Waals surface area contributed by atoms with E-state index in [1.54, 1.807) is 7.11 Å². The van der Waals surface area contributed by atoms with Gasteiger partial charge in [-0.2, -0.15) is 0 Å². The van der Waals surface area contributed by atoms with Crippen molar-refractivity contribution < 1.29 is 14.2 Å². The summed E-state index contributed by atoms with van der Waals surface area (Å²) in [7, 11) is 1.72. The standard InChI is InChI=1S/C17H23NO3/c1-9-6-11-13(8-17(18)4-5-17)14-12(7-10(2)20-14)15(19-3)16(11)21-9/h9-10H,4-8,18H2,1-3H3. The first-order valence-corrected chi connectivity index (χ1v) is 7.87. The van der Waals surface area contributed by atoms with Crippen LogP contribution in [0.1, 0.15) is 43.4 Å². The molecule has 2 unspecified atom stereocenters. The third-order valence-electron chi connectivity index (χ3n) is 4.91. The Balaban J connectivity index is 1.89. The third kappa shape index (κ3) is 2.00. The van der Waals surface area contributed by atoms with Crippen molar-refractivity contribution in [2.24, 2.45) is 5.73 Å². The van der Waals surface area contributed by atoms with E-state index in [9.17, 15) is 0 Å². The van der Waals surface area contributed by atoms with E-state index in [2.05, 4.69) is 13.8 Å². The molecule has 21 heavy (non-hydrogen) atoms. The van der Waals surface area contributed by atoms with Gasteiger partial charge in [-0.25, -0.2) is 0 Å². The molecule has 2 atom stereocenters. The minimum Gasteiger partial charge on any atom is -0.492 e. The zero-order chi connectivity index (χ0) is 14.8. The van der Waals surface area contributed by atoms with Gasteiger partial charge < -0.3 is 19.9 Å². The van der Waals surface area contributed by atoms with Crippen LogP contribution in [0.15, 0.2) is 0 Å². The van der Waals surface area contributed by atoms with Gasteiger partial charge >= 0.3 is 0 Å². The van der Waals surface area contributed by atoms with E-state index in [1.165, 1.54) is 11.1 Å². The molecule has 0 saturated heterocycles. The van der Waals surface area contributed by atoms with Crippen molar-refractivity contribution in [3.63, 3.8) is 0 Å². The van der Waals surface area contributed by atoms with Crippen LogP contribution in [0.3, 0.4) is 0 Å². The Hall–Kier alpha value is -1.42. The summed E-state index contributed by atoms with van der Waals surface area (Å²) in [5.74, 6) is 2.83. The SMILES string of the molecule is COc1c2c(c(CC3(N)CC3)c3c1OC(C)C3)OC(C)C2. The molecule has 2 N–H and O–H groups in total. The molecule has 1 saturated carbocycles. The van der Waals surface area contributed by atoms with Crippen molar-refractivity contribution in [1.82, 2.24) is 0 Å². The highest BCUT2D eigenvalue weighted by Gasteiger charge is 2.43. The number of hydrogen-bond acceptors (Lipinski definition) is 4. The normalized spacial score (nSPS) is 27.6. The van der Waals surface area contributed by atoms with Crippen molar-refractivity contribution in [2.45, 2.75) is 63.7 Å². The van der Waals surface area contributed by atoms with Crippen molar-refractivity contribution in [3.8, 4) is 17.2 Å². The van der Waals surface area contributed by atoms with Crippen LogP contribution in [0.5, 0.6) is 17.2 Å². The number of fused-ring (bicyclic) bond motifs is 2. The van der Waals surface area contributed by atoms with Crippen molar-refractivity contribution >= 4 is 0 Å². The Morgan fingerprint density at radius 2 is 1.71 bits per heavy atom. The van der Waals surface area contributed by atoms with Crippen LogP contribution in [0.25, 0.3) is 0 Å². The van der Waals surface area contributed by atoms with Gasteiger partial charge in [0.1, 0.15) is 18.0 Å². The molecule has 0 radical (unpaired) electrons. The third-order valence-corrected chi connectivity index (χ3v) is 4.91. The molecule has 0 bridgehead atoms. The fourth-order valence-electron chi connectivity index (χ4n) is 3.65. The lowest BCUT2D eigenvalue weighted by Crippen LogP contribution is -2.25. The quantitative estimate of drug-likeness (QED) is 0.928. The molecule has 4 heteroatoms. The van der Waals surface area contributed by atoms with Crippen LogP contribution in [0, 0.1) is 0 Å². The Labute approximate surface area is 125 Å². The number of ether oxygens (including phenoxy) is 3. The Kier molecular flexibility index (Phi) is 2.71. The van der Waals surface area contributed by atoms with Crippen LogP contribution >= 0.6 is 0 Å². The summed E-state index contributed by atoms with van der Waals surface area (Å²) < 4.78 is 17.8. The van der Waals surface area contributed by atoms with Gasteiger partial charge in [0.05, 0.1) is 7.11 Å². The minimum absolute atomic E-state index is 0.0306. The number of nitrogens with two attached hydrogens (primary N) is 1. The maximum Gasteiger partial charge on any atom is 0.168 e. The molecule has 1 aromatic rings. The van der Waals surface area contributed by atoms with Crippen LogP contribution < -0.4 is 19.9 Å². The predicted octanol–water partition coefficient (Wildman–Crippen LogP) is 2.38. The Morgan fingerprint density at radius 1 is 1.10 bits per heavy atom. The summed E-state index contributed by atoms with van der Waals surface area (Å²) >= 11 is 0. The van der Waals surface area contributed by atoms with Gasteiger partial charge in [0, 0.05) is 35.1 Å². The van der Waals surface area contributed by atoms with E-state index in [4.69, 9.17) is 19.9 Å². The largest absolute Gasteiger partial charge is 0.492 e. The molecule has 1 fully saturated rings. The zero-order valence-corrected chi connectivity index (χ0v) is 13.0. The lowest BCUT2D eigenvalue weighted by molar-refractivity contribution is 0.242. The van der Waals surface area contributed by atoms with E-state index < -0.39 is 0 Å². The molecule has 0 amide bonds. The van der Waals surface area contributed by atoms with Gasteiger partial charge in [-0.3, -0.25) is 0 Å². The average Bonchev–Trinajstić information content (AvgIpc) is 2.83. The van der Waals surface area contributed by atoms with E-state index in [-0.39, 0.29) is 17.7 Å². The van der Waals surface area contributed by atoms with Crippen molar-refractivity contribution in [1.29, 1.82) is 0 Å². The zero-order valence-electron chi connectivity index (χ0n) is 13.0. The molecule has 4 rings (SSSR count). The summed E-state index contributed by atoms with van der Waals surface area (Å²) in [6, 6.07) is 0. The minimum atomic E-state index is -0.0306. The predicted molar refractivity (Wildman–Crippen MR) is 80.4 cm³/mol. The number of rotatable bonds is 3. The van der Waals surface area contributed by atoms with Crippen LogP contribution in [-0.4, -0.2) is 24.9 Å². The topological polar surface area (TPSA) is 53.7 Å². The van der Waals surface area contributed by atoms with Crippen molar-refractivity contribution in [2.75, 3.05) is 7.11 Å². The second-order valence-corrected chi connectivity index (χ2v) is 6.93. The maximum atomic E-state index is 6.38. The van der Waals surface area contributed by atoms with Crippen LogP contribution in [-0.2, 0) is 19.3 Å². The summed E-state index contributed by atoms with van der Waals surface area (Å²) in [6.45, 7) is 4.21. The van der Waals surface area contributed by atoms with Crippen molar-refractivity contribution in [3.05, 3.63) is 16.7 Å². The first kappa shape index (κ1) is 13.3. The van der Waals surface area contributed by atoms with Gasteiger partial charge in [0.15, 0.2) is 11.5 Å². The Bertz CT molecular complexity index is 568. The van der Waals surface area contributed by atoms with Gasteiger partial charge in [-0.15, -0.1) is 0 Å². The van der Waals surface area contributed by atoms with Crippen LogP contribution in [0.4, 0.5) is 0 Å². The van der Waals surface area contributed by atoms with Crippen LogP contribution in [0.2, 0.25) is 0 Å². The van der Waals surface area contributed by atoms with Gasteiger partial charge in [0.2, 0.25) is 0 Å². The summed E-state index contributed by atoms with van der Waals surface area (Å²) in [4.78, 5) is 0. The molecular weight excluding hydrogens is 266 g/mol. The molecule has 1 aliphatic carbocycles. The highest BCUT2D eigenvalue weighted by molar-refractivity contribution is 5.66. The first-order valence-electron chi connectivity index (χ1n) is 7.87. The molecule has 1 aromatic carbocycles. The highest BCUT2D eigenvalue weighted by atomic mass is 16.5. The maximum absolute atomic E-state index is 6.38. The molecule has 114 valence electrons. The van der Waals surface area contributed by atoms with E-state index >= 15 is 0 Å². The fourth-order valence-corrected chi connectivity index (χ4v) is 3.65. The van der Waals surface area contributed by atoms with Gasteiger partial charge in [-0.1, -0.05) is 0 Å². The highest BCUT2D eigenvalue weighted by Crippen LogP contribution is 2.53. The lowest BCUT2D eigenvalue weighted by atomic mass is 9.92. The van der Waals surface area contributed by atoms with Gasteiger partial charge in [-0.05, 0) is 33.1 Å². The van der Waals surface area contributed by atoms with Gasteiger partial charge in [0.25, 0.3) is 0 Å². The molecule has 4 nitrogen and oxygen atoms in total. The monoisotopic (exact) mass is 289 g/mol. The molecule has 2 heterocycles. The number of methoxy groups -OCH3 is 1. The number of benzene rings is 1. The smallest absolute Gasteiger partial charge is 0.168 e. The fraction of sp³-hybridized carbons (Fsp3) is 0.647. The molecule has 2 aliphatic heterocycles. The molecule has 0 spiro atoms. The molecular formula is C17H23NO3. The number of hydrogen-bond donors (Lipinski definition) is 1. The lowest BCUT2D eigenvalue weighted by Gasteiger charge is -2.19. The summed E-state index contributed by atoms with van der Waals surface area (Å²) in [5.41, 5.74) is 10.0. The first-order chi connectivity index (χ1) is 10.0. The Morgan fingerprint density at radius 3 is 2.33 bits per heavy atom. The van der Waals surface area contributed by atoms with E-state index in [0.29, 0.717) is 0 Å². The summed E-state index contributed by atoms with van der Waals surface area (Å²) in [5, 5.41) is 0. The van der Waals surface area contributed by atoms with E-state index in [0.717, 1.165) is 54.9 Å². The second kappa shape index (κ2) is 4.29. The second-order valence-electron chi connectivity index (χ2n) is 6.93. The van der Waals surface area contributed by atoms with E-state index in [1.807, 2.05) is 0 Å². The average molecular weight is 289 g/mol. The molecule has 0 aromatic heterocycles. The molecule has 3 aliphatic rings.